The minimum atomic E-state index is -0.889. The van der Waals surface area contributed by atoms with Crippen LogP contribution in [0.4, 0.5) is 8.78 Å². The first-order valence-electron chi connectivity index (χ1n) is 12.1. The Balaban J connectivity index is 1.31. The van der Waals surface area contributed by atoms with E-state index in [0.717, 1.165) is 32.4 Å². The average molecular weight is 491 g/mol. The molecule has 2 atom stereocenters. The number of hydrogen-bond acceptors (Lipinski definition) is 3. The van der Waals surface area contributed by atoms with Crippen molar-refractivity contribution in [3.05, 3.63) is 70.2 Å². The van der Waals surface area contributed by atoms with Crippen LogP contribution in [0.2, 0.25) is 5.02 Å². The number of carbonyl (C=O) groups is 1. The van der Waals surface area contributed by atoms with Crippen LogP contribution in [0.3, 0.4) is 0 Å². The summed E-state index contributed by atoms with van der Waals surface area (Å²) in [4.78, 5) is 15.7. The molecule has 0 saturated carbocycles. The van der Waals surface area contributed by atoms with Gasteiger partial charge in [-0.3, -0.25) is 9.69 Å². The summed E-state index contributed by atoms with van der Waals surface area (Å²) in [6.45, 7) is 6.67. The van der Waals surface area contributed by atoms with Gasteiger partial charge in [-0.25, -0.2) is 8.78 Å². The first kappa shape index (κ1) is 25.1. The van der Waals surface area contributed by atoms with Crippen molar-refractivity contribution in [3.8, 4) is 0 Å². The molecule has 2 aromatic rings. The van der Waals surface area contributed by atoms with Gasteiger partial charge in [-0.2, -0.15) is 0 Å². The Bertz CT molecular complexity index is 962. The van der Waals surface area contributed by atoms with E-state index in [-0.39, 0.29) is 30.2 Å². The molecule has 1 N–H and O–H groups in total. The third-order valence-electron chi connectivity index (χ3n) is 7.46. The lowest BCUT2D eigenvalue weighted by Gasteiger charge is -2.46. The van der Waals surface area contributed by atoms with Crippen molar-refractivity contribution in [2.75, 3.05) is 19.7 Å². The van der Waals surface area contributed by atoms with Gasteiger partial charge in [-0.1, -0.05) is 37.6 Å². The molecule has 0 bridgehead atoms. The van der Waals surface area contributed by atoms with Crippen molar-refractivity contribution < 1.29 is 18.3 Å². The fourth-order valence-corrected chi connectivity index (χ4v) is 5.59. The van der Waals surface area contributed by atoms with Crippen LogP contribution in [0.15, 0.2) is 42.5 Å². The third-order valence-corrected chi connectivity index (χ3v) is 7.68. The molecular weight excluding hydrogens is 458 g/mol. The Morgan fingerprint density at radius 1 is 1.12 bits per heavy atom. The highest BCUT2D eigenvalue weighted by Gasteiger charge is 2.46. The molecule has 0 aromatic heterocycles. The van der Waals surface area contributed by atoms with Crippen molar-refractivity contribution in [1.29, 1.82) is 0 Å². The summed E-state index contributed by atoms with van der Waals surface area (Å²) in [6, 6.07) is 11.4. The number of halogens is 3. The fourth-order valence-electron chi connectivity index (χ4n) is 5.34. The number of nitrogens with one attached hydrogen (secondary N) is 1. The standard InChI is InChI=1S/C27H33ClF2N2O2/c1-18(2)27(26(33)31-16-19-13-22(28)15-24(30)14-19)10-7-25(17-34-27)32-11-8-21(9-12-32)20-3-5-23(29)6-4-20/h3-6,13-15,18,21,25H,7-12,16-17H2,1-2H3,(H,31,33)/t25-,27+/m1/s1. The number of carbonyl (C=O) groups excluding carboxylic acids is 1. The summed E-state index contributed by atoms with van der Waals surface area (Å²) in [5.41, 5.74) is 0.936. The van der Waals surface area contributed by atoms with Gasteiger partial charge in [0.05, 0.1) is 6.61 Å². The van der Waals surface area contributed by atoms with E-state index in [0.29, 0.717) is 29.5 Å². The van der Waals surface area contributed by atoms with Crippen LogP contribution in [-0.2, 0) is 16.1 Å². The summed E-state index contributed by atoms with van der Waals surface area (Å²) >= 11 is 5.93. The lowest BCUT2D eigenvalue weighted by atomic mass is 9.80. The van der Waals surface area contributed by atoms with Gasteiger partial charge < -0.3 is 10.1 Å². The van der Waals surface area contributed by atoms with E-state index in [2.05, 4.69) is 10.2 Å². The lowest BCUT2D eigenvalue weighted by Crippen LogP contribution is -2.58. The Morgan fingerprint density at radius 3 is 2.41 bits per heavy atom. The van der Waals surface area contributed by atoms with E-state index >= 15 is 0 Å². The van der Waals surface area contributed by atoms with Gasteiger partial charge in [-0.15, -0.1) is 0 Å². The van der Waals surface area contributed by atoms with E-state index in [1.807, 2.05) is 26.0 Å². The Hall–Kier alpha value is -2.02. The molecule has 4 rings (SSSR count). The second-order valence-corrected chi connectivity index (χ2v) is 10.3. The van der Waals surface area contributed by atoms with Crippen LogP contribution in [-0.4, -0.2) is 42.1 Å². The summed E-state index contributed by atoms with van der Waals surface area (Å²) in [6.07, 6.45) is 3.60. The Labute approximate surface area is 205 Å². The molecule has 7 heteroatoms. The zero-order chi connectivity index (χ0) is 24.3. The molecular formula is C27H33ClF2N2O2. The lowest BCUT2D eigenvalue weighted by molar-refractivity contribution is -0.170. The largest absolute Gasteiger partial charge is 0.363 e. The minimum absolute atomic E-state index is 0.00811. The molecule has 2 aliphatic rings. The molecule has 2 aromatic carbocycles. The molecule has 2 heterocycles. The molecule has 2 fully saturated rings. The number of piperidine rings is 1. The molecule has 34 heavy (non-hydrogen) atoms. The zero-order valence-electron chi connectivity index (χ0n) is 19.8. The number of amides is 1. The molecule has 0 unspecified atom stereocenters. The summed E-state index contributed by atoms with van der Waals surface area (Å²) < 4.78 is 33.2. The first-order valence-corrected chi connectivity index (χ1v) is 12.5. The van der Waals surface area contributed by atoms with Crippen LogP contribution in [0, 0.1) is 17.6 Å². The van der Waals surface area contributed by atoms with Crippen LogP contribution in [0.1, 0.15) is 56.6 Å². The van der Waals surface area contributed by atoms with Gasteiger partial charge in [0.2, 0.25) is 0 Å². The molecule has 184 valence electrons. The Kier molecular flexibility index (Phi) is 7.90. The van der Waals surface area contributed by atoms with E-state index < -0.39 is 11.4 Å². The molecule has 2 aliphatic heterocycles. The molecule has 0 radical (unpaired) electrons. The van der Waals surface area contributed by atoms with Crippen LogP contribution in [0.25, 0.3) is 0 Å². The second kappa shape index (κ2) is 10.7. The van der Waals surface area contributed by atoms with Gasteiger partial charge in [-0.05, 0) is 92.1 Å². The predicted octanol–water partition coefficient (Wildman–Crippen LogP) is 5.69. The number of benzene rings is 2. The van der Waals surface area contributed by atoms with E-state index in [1.165, 1.54) is 29.8 Å². The minimum Gasteiger partial charge on any atom is -0.363 e. The highest BCUT2D eigenvalue weighted by molar-refractivity contribution is 6.30. The number of hydrogen-bond donors (Lipinski definition) is 1. The van der Waals surface area contributed by atoms with Crippen molar-refractivity contribution >= 4 is 17.5 Å². The number of rotatable bonds is 6. The monoisotopic (exact) mass is 490 g/mol. The highest BCUT2D eigenvalue weighted by Crippen LogP contribution is 2.36. The van der Waals surface area contributed by atoms with Gasteiger partial charge in [0.1, 0.15) is 17.2 Å². The predicted molar refractivity (Wildman–Crippen MR) is 130 cm³/mol. The summed E-state index contributed by atoms with van der Waals surface area (Å²) in [5.74, 6) is -0.309. The van der Waals surface area contributed by atoms with Crippen molar-refractivity contribution in [3.63, 3.8) is 0 Å². The molecule has 1 amide bonds. The quantitative estimate of drug-likeness (QED) is 0.565. The maximum Gasteiger partial charge on any atom is 0.252 e. The van der Waals surface area contributed by atoms with E-state index in [4.69, 9.17) is 16.3 Å². The topological polar surface area (TPSA) is 41.6 Å². The SMILES string of the molecule is CC(C)[C@]1(C(=O)NCc2cc(F)cc(Cl)c2)CC[C@@H](N2CCC(c3ccc(F)cc3)CC2)CO1. The molecule has 4 nitrogen and oxygen atoms in total. The maximum atomic E-state index is 13.6. The van der Waals surface area contributed by atoms with Gasteiger partial charge >= 0.3 is 0 Å². The fraction of sp³-hybridized carbons (Fsp3) is 0.519. The number of ether oxygens (including phenoxy) is 1. The zero-order valence-corrected chi connectivity index (χ0v) is 20.6. The third kappa shape index (κ3) is 5.61. The van der Waals surface area contributed by atoms with E-state index in [1.54, 1.807) is 6.07 Å². The van der Waals surface area contributed by atoms with Crippen molar-refractivity contribution in [2.45, 2.75) is 63.6 Å². The Morgan fingerprint density at radius 2 is 1.82 bits per heavy atom. The average Bonchev–Trinajstić information content (AvgIpc) is 2.82. The first-order chi connectivity index (χ1) is 16.3. The summed E-state index contributed by atoms with van der Waals surface area (Å²) in [7, 11) is 0. The van der Waals surface area contributed by atoms with Crippen LogP contribution in [0.5, 0.6) is 0 Å². The highest BCUT2D eigenvalue weighted by atomic mass is 35.5. The van der Waals surface area contributed by atoms with E-state index in [9.17, 15) is 13.6 Å². The van der Waals surface area contributed by atoms with Crippen LogP contribution < -0.4 is 5.32 Å². The number of nitrogens with zero attached hydrogens (tertiary/aromatic N) is 1. The van der Waals surface area contributed by atoms with Gasteiger partial charge in [0, 0.05) is 17.6 Å². The maximum absolute atomic E-state index is 13.6. The second-order valence-electron chi connectivity index (χ2n) is 9.87. The molecule has 0 spiro atoms. The van der Waals surface area contributed by atoms with Crippen LogP contribution >= 0.6 is 11.6 Å². The molecule has 2 saturated heterocycles. The number of likely N-dealkylation sites (tertiary alicyclic amines) is 1. The molecule has 0 aliphatic carbocycles. The van der Waals surface area contributed by atoms with Gasteiger partial charge in [0.25, 0.3) is 5.91 Å². The smallest absolute Gasteiger partial charge is 0.252 e. The normalized spacial score (nSPS) is 24.4. The van der Waals surface area contributed by atoms with Crippen molar-refractivity contribution in [1.82, 2.24) is 10.2 Å². The van der Waals surface area contributed by atoms with Gasteiger partial charge in [0.15, 0.2) is 0 Å². The summed E-state index contributed by atoms with van der Waals surface area (Å²) in [5, 5.41) is 3.25. The van der Waals surface area contributed by atoms with Crippen molar-refractivity contribution in [2.24, 2.45) is 5.92 Å².